The largest absolute Gasteiger partial charge is 0.504 e. The molecule has 3 aromatic rings. The zero-order valence-corrected chi connectivity index (χ0v) is 13.9. The van der Waals surface area contributed by atoms with Gasteiger partial charge < -0.3 is 9.52 Å². The van der Waals surface area contributed by atoms with Gasteiger partial charge >= 0.3 is 0 Å². The second-order valence-corrected chi connectivity index (χ2v) is 6.10. The van der Waals surface area contributed by atoms with E-state index in [2.05, 4.69) is 15.2 Å². The molecule has 0 fully saturated rings. The van der Waals surface area contributed by atoms with E-state index in [1.807, 2.05) is 0 Å². The SMILES string of the molecule is CC(=O)c1ccc(Sc2ccc(C(=O)C=C(O)c3nc[nH]n3)o2)cc1. The number of allylic oxidation sites excluding steroid dienone is 1. The number of nitrogens with zero attached hydrogens (tertiary/aromatic N) is 2. The lowest BCUT2D eigenvalue weighted by atomic mass is 10.2. The third kappa shape index (κ3) is 4.04. The normalized spacial score (nSPS) is 11.5. The molecule has 2 heterocycles. The Morgan fingerprint density at radius 1 is 1.20 bits per heavy atom. The lowest BCUT2D eigenvalue weighted by molar-refractivity contribution is 0.100. The van der Waals surface area contributed by atoms with E-state index in [0.717, 1.165) is 11.0 Å². The quantitative estimate of drug-likeness (QED) is 0.395. The van der Waals surface area contributed by atoms with Crippen LogP contribution in [-0.4, -0.2) is 31.9 Å². The van der Waals surface area contributed by atoms with E-state index < -0.39 is 5.78 Å². The first-order valence-electron chi connectivity index (χ1n) is 7.23. The maximum absolute atomic E-state index is 12.1. The molecule has 0 aliphatic heterocycles. The van der Waals surface area contributed by atoms with Gasteiger partial charge in [-0.2, -0.15) is 5.10 Å². The molecule has 0 radical (unpaired) electrons. The molecule has 0 bridgehead atoms. The van der Waals surface area contributed by atoms with E-state index in [1.165, 1.54) is 31.1 Å². The Kier molecular flexibility index (Phi) is 4.80. The molecule has 1 aromatic carbocycles. The fourth-order valence-electron chi connectivity index (χ4n) is 1.97. The summed E-state index contributed by atoms with van der Waals surface area (Å²) < 4.78 is 5.49. The number of furan rings is 1. The monoisotopic (exact) mass is 355 g/mol. The fraction of sp³-hybridized carbons (Fsp3) is 0.0588. The molecule has 25 heavy (non-hydrogen) atoms. The van der Waals surface area contributed by atoms with Crippen LogP contribution in [0.1, 0.15) is 33.7 Å². The molecule has 0 amide bonds. The van der Waals surface area contributed by atoms with Crippen LogP contribution < -0.4 is 0 Å². The number of benzene rings is 1. The summed E-state index contributed by atoms with van der Waals surface area (Å²) in [5.74, 6) is -0.733. The lowest BCUT2D eigenvalue weighted by Gasteiger charge is -1.99. The minimum Gasteiger partial charge on any atom is -0.504 e. The molecule has 0 saturated carbocycles. The summed E-state index contributed by atoms with van der Waals surface area (Å²) in [6.45, 7) is 1.51. The van der Waals surface area contributed by atoms with Crippen molar-refractivity contribution in [3.05, 3.63) is 65.9 Å². The van der Waals surface area contributed by atoms with Gasteiger partial charge in [0, 0.05) is 16.5 Å². The van der Waals surface area contributed by atoms with E-state index in [1.54, 1.807) is 30.3 Å². The summed E-state index contributed by atoms with van der Waals surface area (Å²) in [5.41, 5.74) is 0.632. The van der Waals surface area contributed by atoms with Crippen molar-refractivity contribution < 1.29 is 19.1 Å². The lowest BCUT2D eigenvalue weighted by Crippen LogP contribution is -1.95. The maximum Gasteiger partial charge on any atom is 0.224 e. The second-order valence-electron chi connectivity index (χ2n) is 5.02. The molecule has 0 spiro atoms. The van der Waals surface area contributed by atoms with Gasteiger partial charge in [0.2, 0.25) is 11.6 Å². The average molecular weight is 355 g/mol. The molecule has 0 aliphatic carbocycles. The van der Waals surface area contributed by atoms with Crippen LogP contribution in [0.25, 0.3) is 5.76 Å². The highest BCUT2D eigenvalue weighted by Crippen LogP contribution is 2.29. The second kappa shape index (κ2) is 7.18. The number of aliphatic hydroxyl groups is 1. The van der Waals surface area contributed by atoms with E-state index in [-0.39, 0.29) is 23.1 Å². The van der Waals surface area contributed by atoms with Gasteiger partial charge in [-0.3, -0.25) is 14.7 Å². The number of hydrogen-bond donors (Lipinski definition) is 2. The van der Waals surface area contributed by atoms with Crippen molar-refractivity contribution in [2.45, 2.75) is 16.9 Å². The smallest absolute Gasteiger partial charge is 0.224 e. The molecule has 0 atom stereocenters. The highest BCUT2D eigenvalue weighted by atomic mass is 32.2. The van der Waals surface area contributed by atoms with Crippen LogP contribution in [-0.2, 0) is 0 Å². The Balaban J connectivity index is 1.70. The highest BCUT2D eigenvalue weighted by molar-refractivity contribution is 7.99. The third-order valence-electron chi connectivity index (χ3n) is 3.22. The molecule has 2 N–H and O–H groups in total. The number of ketones is 2. The molecule has 126 valence electrons. The number of nitrogens with one attached hydrogen (secondary N) is 1. The first kappa shape index (κ1) is 16.7. The molecule has 0 aliphatic rings. The van der Waals surface area contributed by atoms with Crippen molar-refractivity contribution >= 4 is 29.1 Å². The molecular weight excluding hydrogens is 342 g/mol. The Labute approximate surface area is 146 Å². The molecule has 2 aromatic heterocycles. The number of carbonyl (C=O) groups excluding carboxylic acids is 2. The standard InChI is InChI=1S/C17H13N3O4S/c1-10(21)11-2-4-12(5-3-11)25-16-7-6-15(24-16)13(22)8-14(23)17-18-9-19-20-17/h2-9,23H,1H3,(H,18,19,20). The number of aromatic amines is 1. The summed E-state index contributed by atoms with van der Waals surface area (Å²) >= 11 is 1.32. The minimum absolute atomic E-state index is 0.000397. The number of H-pyrrole nitrogens is 1. The van der Waals surface area contributed by atoms with Gasteiger partial charge in [0.1, 0.15) is 6.33 Å². The van der Waals surface area contributed by atoms with Gasteiger partial charge in [0.25, 0.3) is 0 Å². The van der Waals surface area contributed by atoms with Crippen molar-refractivity contribution in [3.63, 3.8) is 0 Å². The molecule has 7 nitrogen and oxygen atoms in total. The van der Waals surface area contributed by atoms with Crippen LogP contribution in [0.15, 0.2) is 63.2 Å². The van der Waals surface area contributed by atoms with Crippen molar-refractivity contribution in [3.8, 4) is 0 Å². The van der Waals surface area contributed by atoms with Gasteiger partial charge in [-0.1, -0.05) is 23.9 Å². The van der Waals surface area contributed by atoms with Crippen LogP contribution in [0.5, 0.6) is 0 Å². The first-order valence-corrected chi connectivity index (χ1v) is 8.04. The van der Waals surface area contributed by atoms with Gasteiger partial charge in [-0.05, 0) is 31.2 Å². The number of hydrogen-bond acceptors (Lipinski definition) is 7. The zero-order valence-electron chi connectivity index (χ0n) is 13.1. The van der Waals surface area contributed by atoms with Gasteiger partial charge in [0.15, 0.2) is 22.4 Å². The first-order chi connectivity index (χ1) is 12.0. The maximum atomic E-state index is 12.1. The van der Waals surface area contributed by atoms with Gasteiger partial charge in [0.05, 0.1) is 0 Å². The topological polar surface area (TPSA) is 109 Å². The predicted octanol–water partition coefficient (Wildman–Crippen LogP) is 3.53. The van der Waals surface area contributed by atoms with E-state index in [4.69, 9.17) is 4.42 Å². The Bertz CT molecular complexity index is 927. The van der Waals surface area contributed by atoms with Gasteiger partial charge in [-0.25, -0.2) is 4.98 Å². The summed E-state index contributed by atoms with van der Waals surface area (Å²) in [5, 5.41) is 16.4. The highest BCUT2D eigenvalue weighted by Gasteiger charge is 2.13. The van der Waals surface area contributed by atoms with E-state index in [0.29, 0.717) is 10.7 Å². The summed E-state index contributed by atoms with van der Waals surface area (Å²) in [7, 11) is 0. The molecule has 0 unspecified atom stereocenters. The zero-order chi connectivity index (χ0) is 17.8. The van der Waals surface area contributed by atoms with Crippen LogP contribution in [0.4, 0.5) is 0 Å². The number of Topliss-reactive ketones (excluding diaryl/α,β-unsaturated/α-hetero) is 1. The predicted molar refractivity (Wildman–Crippen MR) is 90.6 cm³/mol. The van der Waals surface area contributed by atoms with Crippen molar-refractivity contribution in [1.29, 1.82) is 0 Å². The van der Waals surface area contributed by atoms with Crippen LogP contribution >= 0.6 is 11.8 Å². The number of rotatable bonds is 6. The Morgan fingerprint density at radius 2 is 1.96 bits per heavy atom. The van der Waals surface area contributed by atoms with Crippen LogP contribution in [0.3, 0.4) is 0 Å². The average Bonchev–Trinajstić information content (AvgIpc) is 3.27. The van der Waals surface area contributed by atoms with Crippen molar-refractivity contribution in [2.75, 3.05) is 0 Å². The minimum atomic E-state index is -0.499. The number of aromatic nitrogens is 3. The fourth-order valence-corrected chi connectivity index (χ4v) is 2.75. The number of carbonyl (C=O) groups is 2. The van der Waals surface area contributed by atoms with Crippen molar-refractivity contribution in [1.82, 2.24) is 15.2 Å². The van der Waals surface area contributed by atoms with Crippen LogP contribution in [0.2, 0.25) is 0 Å². The summed E-state index contributed by atoms with van der Waals surface area (Å²) in [4.78, 5) is 28.0. The van der Waals surface area contributed by atoms with E-state index in [9.17, 15) is 14.7 Å². The number of aliphatic hydroxyl groups excluding tert-OH is 1. The van der Waals surface area contributed by atoms with E-state index >= 15 is 0 Å². The third-order valence-corrected chi connectivity index (χ3v) is 4.14. The Hall–Kier alpha value is -3.13. The van der Waals surface area contributed by atoms with Gasteiger partial charge in [-0.15, -0.1) is 0 Å². The van der Waals surface area contributed by atoms with Crippen molar-refractivity contribution in [2.24, 2.45) is 0 Å². The summed E-state index contributed by atoms with van der Waals surface area (Å²) in [6, 6.07) is 10.3. The van der Waals surface area contributed by atoms with Crippen LogP contribution in [0, 0.1) is 0 Å². The molecule has 0 saturated heterocycles. The molecular formula is C17H13N3O4S. The Morgan fingerprint density at radius 3 is 2.60 bits per heavy atom. The molecule has 8 heteroatoms. The summed E-state index contributed by atoms with van der Waals surface area (Å²) in [6.07, 6.45) is 2.29. The molecule has 3 rings (SSSR count).